The number of esters is 1. The number of allylic oxidation sites excluding steroid dienone is 1. The lowest BCUT2D eigenvalue weighted by atomic mass is 9.86. The highest BCUT2D eigenvalue weighted by molar-refractivity contribution is 7.89. The first-order chi connectivity index (χ1) is 20.6. The number of sulfonamides is 1. The summed E-state index contributed by atoms with van der Waals surface area (Å²) in [7, 11) is -3.56. The Morgan fingerprint density at radius 1 is 1.19 bits per heavy atom. The first-order valence-electron chi connectivity index (χ1n) is 14.4. The Morgan fingerprint density at radius 3 is 2.51 bits per heavy atom. The number of nitrogens with zero attached hydrogens (tertiary/aromatic N) is 3. The number of carbonyl (C=O) groups is 2. The second-order valence-corrected chi connectivity index (χ2v) is 14.5. The van der Waals surface area contributed by atoms with Gasteiger partial charge < -0.3 is 15.2 Å². The molecule has 5 rings (SSSR count). The molecule has 3 heterocycles. The molecule has 232 valence electrons. The van der Waals surface area contributed by atoms with Gasteiger partial charge in [0.15, 0.2) is 10.8 Å². The summed E-state index contributed by atoms with van der Waals surface area (Å²) >= 11 is 7.71. The fourth-order valence-electron chi connectivity index (χ4n) is 6.22. The zero-order valence-electron chi connectivity index (χ0n) is 23.7. The van der Waals surface area contributed by atoms with Crippen LogP contribution in [-0.4, -0.2) is 65.5 Å². The molecule has 10 nitrogen and oxygen atoms in total. The summed E-state index contributed by atoms with van der Waals surface area (Å²) in [5.74, 6) is -1.75. The molecule has 0 radical (unpaired) electrons. The average Bonchev–Trinajstić information content (AvgIpc) is 3.52. The number of aliphatic imine (C=N–C) groups is 1. The number of aromatic nitrogens is 1. The van der Waals surface area contributed by atoms with Crippen molar-refractivity contribution >= 4 is 50.7 Å². The highest BCUT2D eigenvalue weighted by Crippen LogP contribution is 2.40. The second kappa shape index (κ2) is 13.4. The van der Waals surface area contributed by atoms with Crippen LogP contribution < -0.4 is 5.32 Å². The Labute approximate surface area is 259 Å². The van der Waals surface area contributed by atoms with Crippen molar-refractivity contribution in [3.8, 4) is 0 Å². The van der Waals surface area contributed by atoms with Crippen LogP contribution in [0.25, 0.3) is 0 Å². The van der Waals surface area contributed by atoms with E-state index in [0.29, 0.717) is 73.7 Å². The number of benzene rings is 1. The molecule has 1 aromatic carbocycles. The van der Waals surface area contributed by atoms with Crippen molar-refractivity contribution < 1.29 is 32.2 Å². The molecular formula is C29H34ClFN4O6S2. The normalized spacial score (nSPS) is 23.9. The van der Waals surface area contributed by atoms with Crippen LogP contribution in [-0.2, 0) is 24.3 Å². The number of hydrogen-bond acceptors (Lipinski definition) is 9. The number of nitrogens with one attached hydrogen (secondary N) is 1. The predicted molar refractivity (Wildman–Crippen MR) is 161 cm³/mol. The number of piperidine rings is 1. The van der Waals surface area contributed by atoms with Crippen molar-refractivity contribution in [2.45, 2.75) is 63.2 Å². The number of rotatable bonds is 9. The van der Waals surface area contributed by atoms with Gasteiger partial charge in [0.2, 0.25) is 10.0 Å². The van der Waals surface area contributed by atoms with E-state index in [-0.39, 0.29) is 41.5 Å². The van der Waals surface area contributed by atoms with Gasteiger partial charge >= 0.3 is 11.9 Å². The van der Waals surface area contributed by atoms with Crippen molar-refractivity contribution in [1.29, 1.82) is 0 Å². The quantitative estimate of drug-likeness (QED) is 0.364. The summed E-state index contributed by atoms with van der Waals surface area (Å²) in [6.07, 6.45) is 5.06. The van der Waals surface area contributed by atoms with Gasteiger partial charge in [0, 0.05) is 53.3 Å². The number of thiazole rings is 1. The van der Waals surface area contributed by atoms with Gasteiger partial charge in [-0.1, -0.05) is 17.7 Å². The summed E-state index contributed by atoms with van der Waals surface area (Å²) in [5, 5.41) is 15.5. The lowest BCUT2D eigenvalue weighted by Crippen LogP contribution is -2.46. The monoisotopic (exact) mass is 652 g/mol. The SMILES string of the molecule is CCOC(=O)CC1CCC(S(=O)(=O)N2CCC(C3=C(C(=O)O)C(c4ccc(F)cc4Cl)N=C(c4nccs4)N3)CC2)CC1. The zero-order valence-corrected chi connectivity index (χ0v) is 26.1. The van der Waals surface area contributed by atoms with Gasteiger partial charge in [0.25, 0.3) is 0 Å². The highest BCUT2D eigenvalue weighted by Gasteiger charge is 2.41. The van der Waals surface area contributed by atoms with E-state index in [2.05, 4.69) is 15.3 Å². The van der Waals surface area contributed by atoms with Crippen LogP contribution in [0.3, 0.4) is 0 Å². The van der Waals surface area contributed by atoms with Gasteiger partial charge in [-0.2, -0.15) is 0 Å². The van der Waals surface area contributed by atoms with E-state index in [0.717, 1.165) is 6.07 Å². The topological polar surface area (TPSA) is 138 Å². The molecule has 0 spiro atoms. The van der Waals surface area contributed by atoms with Crippen molar-refractivity contribution in [2.75, 3.05) is 19.7 Å². The molecule has 3 aliphatic rings. The molecule has 2 fully saturated rings. The van der Waals surface area contributed by atoms with E-state index < -0.39 is 33.1 Å². The lowest BCUT2D eigenvalue weighted by Gasteiger charge is -2.38. The molecule has 2 aliphatic heterocycles. The third-order valence-corrected chi connectivity index (χ3v) is 11.9. The fourth-order valence-corrected chi connectivity index (χ4v) is 9.09. The minimum atomic E-state index is -3.56. The number of halogens is 2. The standard InChI is InChI=1S/C29H34ClFN4O6S2/c1-2-41-23(36)15-17-3-6-20(7-4-17)43(39,40)35-12-9-18(10-13-35)25-24(29(37)38)26(21-8-5-19(31)16-22(21)30)34-27(33-25)28-32-11-14-42-28/h5,8,11,14,16-18,20,26H,2-4,6-7,9-10,12-13,15H2,1H3,(H,33,34)(H,37,38). The first-order valence-corrected chi connectivity index (χ1v) is 17.2. The van der Waals surface area contributed by atoms with E-state index in [1.165, 1.54) is 27.8 Å². The Morgan fingerprint density at radius 2 is 1.91 bits per heavy atom. The molecular weight excluding hydrogens is 619 g/mol. The number of carboxylic acid groups (broad SMARTS) is 1. The van der Waals surface area contributed by atoms with E-state index in [4.69, 9.17) is 16.3 Å². The van der Waals surface area contributed by atoms with Crippen molar-refractivity contribution in [1.82, 2.24) is 14.6 Å². The fraction of sp³-hybridized carbons (Fsp3) is 0.517. The number of amidine groups is 1. The number of carboxylic acids is 1. The molecule has 1 aliphatic carbocycles. The third-order valence-electron chi connectivity index (χ3n) is 8.40. The molecule has 1 saturated carbocycles. The molecule has 1 atom stereocenters. The van der Waals surface area contributed by atoms with Crippen LogP contribution in [0.5, 0.6) is 0 Å². The highest BCUT2D eigenvalue weighted by atomic mass is 35.5. The Bertz CT molecular complexity index is 1520. The van der Waals surface area contributed by atoms with E-state index >= 15 is 0 Å². The number of ether oxygens (including phenoxy) is 1. The third kappa shape index (κ3) is 6.95. The van der Waals surface area contributed by atoms with Crippen molar-refractivity contribution in [3.63, 3.8) is 0 Å². The van der Waals surface area contributed by atoms with E-state index in [9.17, 15) is 27.5 Å². The minimum absolute atomic E-state index is 0.00459. The van der Waals surface area contributed by atoms with Gasteiger partial charge in [-0.3, -0.25) is 9.79 Å². The second-order valence-electron chi connectivity index (χ2n) is 11.0. The van der Waals surface area contributed by atoms with Crippen molar-refractivity contribution in [3.05, 3.63) is 62.5 Å². The summed E-state index contributed by atoms with van der Waals surface area (Å²) in [4.78, 5) is 33.5. The van der Waals surface area contributed by atoms with Crippen LogP contribution in [0.4, 0.5) is 4.39 Å². The van der Waals surface area contributed by atoms with Crippen LogP contribution in [0, 0.1) is 17.7 Å². The van der Waals surface area contributed by atoms with Gasteiger partial charge in [0.1, 0.15) is 11.9 Å². The molecule has 14 heteroatoms. The molecule has 1 aromatic heterocycles. The van der Waals surface area contributed by atoms with Crippen molar-refractivity contribution in [2.24, 2.45) is 16.8 Å². The molecule has 2 aromatic rings. The molecule has 43 heavy (non-hydrogen) atoms. The van der Waals surface area contributed by atoms with Crippen LogP contribution in [0.15, 0.2) is 46.0 Å². The average molecular weight is 653 g/mol. The van der Waals surface area contributed by atoms with Gasteiger partial charge in [-0.15, -0.1) is 11.3 Å². The predicted octanol–water partition coefficient (Wildman–Crippen LogP) is 4.92. The van der Waals surface area contributed by atoms with Gasteiger partial charge in [-0.05, 0) is 63.5 Å². The van der Waals surface area contributed by atoms with E-state index in [1.54, 1.807) is 18.5 Å². The van der Waals surface area contributed by atoms with Crippen LogP contribution in [0.1, 0.15) is 68.5 Å². The van der Waals surface area contributed by atoms with Crippen LogP contribution >= 0.6 is 22.9 Å². The molecule has 2 N–H and O–H groups in total. The number of aliphatic carboxylic acids is 1. The molecule has 0 bridgehead atoms. The Balaban J connectivity index is 1.34. The van der Waals surface area contributed by atoms with E-state index in [1.807, 2.05) is 0 Å². The number of hydrogen-bond donors (Lipinski definition) is 2. The molecule has 0 amide bonds. The first kappa shape index (κ1) is 31.6. The van der Waals surface area contributed by atoms with Crippen LogP contribution in [0.2, 0.25) is 5.02 Å². The molecule has 1 unspecified atom stereocenters. The summed E-state index contributed by atoms with van der Waals surface area (Å²) in [6.45, 7) is 2.60. The minimum Gasteiger partial charge on any atom is -0.478 e. The Kier molecular flexibility index (Phi) is 9.84. The maximum Gasteiger partial charge on any atom is 0.335 e. The summed E-state index contributed by atoms with van der Waals surface area (Å²) in [6, 6.07) is 2.78. The summed E-state index contributed by atoms with van der Waals surface area (Å²) < 4.78 is 47.6. The summed E-state index contributed by atoms with van der Waals surface area (Å²) in [5.41, 5.74) is 0.789. The smallest absolute Gasteiger partial charge is 0.335 e. The largest absolute Gasteiger partial charge is 0.478 e. The Hall–Kier alpha value is -2.87. The maximum absolute atomic E-state index is 13.9. The number of carbonyl (C=O) groups excluding carboxylic acids is 1. The van der Waals surface area contributed by atoms with Gasteiger partial charge in [-0.25, -0.2) is 26.9 Å². The van der Waals surface area contributed by atoms with Gasteiger partial charge in [0.05, 0.1) is 17.4 Å². The zero-order chi connectivity index (χ0) is 30.7. The lowest BCUT2D eigenvalue weighted by molar-refractivity contribution is -0.144. The molecule has 1 saturated heterocycles. The maximum atomic E-state index is 13.9.